The molecule has 0 spiro atoms. The van der Waals surface area contributed by atoms with Crippen LogP contribution in [0.1, 0.15) is 38.1 Å². The van der Waals surface area contributed by atoms with Crippen LogP contribution in [0.5, 0.6) is 0 Å². The van der Waals surface area contributed by atoms with Crippen molar-refractivity contribution in [2.75, 3.05) is 13.1 Å². The number of hydrogen-bond donors (Lipinski definition) is 0. The first-order valence-corrected chi connectivity index (χ1v) is 6.36. The predicted octanol–water partition coefficient (Wildman–Crippen LogP) is 2.15. The van der Waals surface area contributed by atoms with Gasteiger partial charge >= 0.3 is 0 Å². The minimum absolute atomic E-state index is 0.189. The SMILES string of the molecule is CCCN(CCC)C(=O)Cn1cnc(C)c1C. The van der Waals surface area contributed by atoms with Crippen LogP contribution in [0.4, 0.5) is 0 Å². The van der Waals surface area contributed by atoms with Crippen LogP contribution >= 0.6 is 0 Å². The summed E-state index contributed by atoms with van der Waals surface area (Å²) < 4.78 is 1.93. The standard InChI is InChI=1S/C13H23N3O/c1-5-7-15(8-6-2)13(17)9-16-10-14-11(3)12(16)4/h10H,5-9H2,1-4H3. The highest BCUT2D eigenvalue weighted by atomic mass is 16.2. The number of aryl methyl sites for hydroxylation is 1. The summed E-state index contributed by atoms with van der Waals surface area (Å²) in [6, 6.07) is 0. The lowest BCUT2D eigenvalue weighted by Gasteiger charge is -2.21. The molecule has 0 N–H and O–H groups in total. The number of imidazole rings is 1. The Bertz CT molecular complexity index is 365. The second-order valence-electron chi connectivity index (χ2n) is 4.42. The van der Waals surface area contributed by atoms with Crippen molar-refractivity contribution in [3.05, 3.63) is 17.7 Å². The normalized spacial score (nSPS) is 10.6. The average molecular weight is 237 g/mol. The van der Waals surface area contributed by atoms with Gasteiger partial charge in [-0.15, -0.1) is 0 Å². The van der Waals surface area contributed by atoms with Gasteiger partial charge in [0.15, 0.2) is 0 Å². The van der Waals surface area contributed by atoms with Crippen molar-refractivity contribution in [3.8, 4) is 0 Å². The Hall–Kier alpha value is -1.32. The van der Waals surface area contributed by atoms with Gasteiger partial charge in [0, 0.05) is 18.8 Å². The van der Waals surface area contributed by atoms with E-state index in [0.717, 1.165) is 37.3 Å². The van der Waals surface area contributed by atoms with E-state index in [-0.39, 0.29) is 5.91 Å². The molecule has 0 aliphatic carbocycles. The molecule has 0 unspecified atom stereocenters. The fourth-order valence-corrected chi connectivity index (χ4v) is 1.85. The number of carbonyl (C=O) groups is 1. The van der Waals surface area contributed by atoms with Crippen molar-refractivity contribution in [2.24, 2.45) is 0 Å². The summed E-state index contributed by atoms with van der Waals surface area (Å²) in [5, 5.41) is 0. The van der Waals surface area contributed by atoms with Gasteiger partial charge in [-0.1, -0.05) is 13.8 Å². The highest BCUT2D eigenvalue weighted by Gasteiger charge is 2.13. The predicted molar refractivity (Wildman–Crippen MR) is 68.9 cm³/mol. The molecule has 1 aromatic rings. The average Bonchev–Trinajstić information content (AvgIpc) is 2.61. The van der Waals surface area contributed by atoms with E-state index < -0.39 is 0 Å². The molecule has 0 aromatic carbocycles. The van der Waals surface area contributed by atoms with Crippen LogP contribution in [0.3, 0.4) is 0 Å². The zero-order valence-corrected chi connectivity index (χ0v) is 11.4. The third-order valence-electron chi connectivity index (χ3n) is 2.99. The first kappa shape index (κ1) is 13.7. The summed E-state index contributed by atoms with van der Waals surface area (Å²) in [4.78, 5) is 18.3. The Balaban J connectivity index is 2.66. The zero-order valence-electron chi connectivity index (χ0n) is 11.4. The van der Waals surface area contributed by atoms with E-state index in [9.17, 15) is 4.79 Å². The van der Waals surface area contributed by atoms with Crippen LogP contribution in [-0.2, 0) is 11.3 Å². The molecule has 0 bridgehead atoms. The van der Waals surface area contributed by atoms with Gasteiger partial charge in [0.1, 0.15) is 6.54 Å². The molecule has 17 heavy (non-hydrogen) atoms. The van der Waals surface area contributed by atoms with E-state index in [1.165, 1.54) is 0 Å². The molecule has 1 amide bonds. The van der Waals surface area contributed by atoms with E-state index in [4.69, 9.17) is 0 Å². The Kier molecular flexibility index (Phi) is 5.19. The molecule has 0 fully saturated rings. The second kappa shape index (κ2) is 6.42. The molecule has 0 saturated carbocycles. The van der Waals surface area contributed by atoms with Gasteiger partial charge in [-0.2, -0.15) is 0 Å². The maximum Gasteiger partial charge on any atom is 0.242 e. The van der Waals surface area contributed by atoms with E-state index in [2.05, 4.69) is 18.8 Å². The maximum atomic E-state index is 12.1. The maximum absolute atomic E-state index is 12.1. The number of rotatable bonds is 6. The Labute approximate surface area is 104 Å². The van der Waals surface area contributed by atoms with Crippen molar-refractivity contribution in [3.63, 3.8) is 0 Å². The topological polar surface area (TPSA) is 38.1 Å². The lowest BCUT2D eigenvalue weighted by molar-refractivity contribution is -0.132. The summed E-state index contributed by atoms with van der Waals surface area (Å²) in [5.41, 5.74) is 2.07. The van der Waals surface area contributed by atoms with E-state index in [1.54, 1.807) is 6.33 Å². The minimum Gasteiger partial charge on any atom is -0.341 e. The van der Waals surface area contributed by atoms with E-state index in [0.29, 0.717) is 6.54 Å². The van der Waals surface area contributed by atoms with Crippen LogP contribution in [0.2, 0.25) is 0 Å². The monoisotopic (exact) mass is 237 g/mol. The largest absolute Gasteiger partial charge is 0.341 e. The quantitative estimate of drug-likeness (QED) is 0.760. The fourth-order valence-electron chi connectivity index (χ4n) is 1.85. The number of aromatic nitrogens is 2. The third kappa shape index (κ3) is 3.58. The molecule has 1 heterocycles. The second-order valence-corrected chi connectivity index (χ2v) is 4.42. The summed E-state index contributed by atoms with van der Waals surface area (Å²) in [7, 11) is 0. The van der Waals surface area contributed by atoms with Gasteiger partial charge in [-0.3, -0.25) is 4.79 Å². The summed E-state index contributed by atoms with van der Waals surface area (Å²) in [5.74, 6) is 0.189. The van der Waals surface area contributed by atoms with Crippen LogP contribution in [0, 0.1) is 13.8 Å². The van der Waals surface area contributed by atoms with Crippen LogP contribution in [-0.4, -0.2) is 33.4 Å². The molecule has 0 atom stereocenters. The summed E-state index contributed by atoms with van der Waals surface area (Å²) >= 11 is 0. The van der Waals surface area contributed by atoms with Crippen LogP contribution in [0.15, 0.2) is 6.33 Å². The number of hydrogen-bond acceptors (Lipinski definition) is 2. The molecule has 0 saturated heterocycles. The summed E-state index contributed by atoms with van der Waals surface area (Å²) in [6.07, 6.45) is 3.76. The molecule has 0 aliphatic rings. The summed E-state index contributed by atoms with van der Waals surface area (Å²) in [6.45, 7) is 10.3. The van der Waals surface area contributed by atoms with Gasteiger partial charge in [0.25, 0.3) is 0 Å². The van der Waals surface area contributed by atoms with Crippen molar-refractivity contribution >= 4 is 5.91 Å². The molecule has 1 aromatic heterocycles. The van der Waals surface area contributed by atoms with E-state index in [1.807, 2.05) is 23.3 Å². The smallest absolute Gasteiger partial charge is 0.242 e. The Morgan fingerprint density at radius 1 is 1.29 bits per heavy atom. The molecular weight excluding hydrogens is 214 g/mol. The first-order chi connectivity index (χ1) is 8.10. The van der Waals surface area contributed by atoms with Gasteiger partial charge in [0.2, 0.25) is 5.91 Å². The van der Waals surface area contributed by atoms with Crippen LogP contribution in [0.25, 0.3) is 0 Å². The highest BCUT2D eigenvalue weighted by molar-refractivity contribution is 5.76. The van der Waals surface area contributed by atoms with Crippen molar-refractivity contribution < 1.29 is 4.79 Å². The zero-order chi connectivity index (χ0) is 12.8. The number of carbonyl (C=O) groups excluding carboxylic acids is 1. The number of amides is 1. The van der Waals surface area contributed by atoms with Crippen LogP contribution < -0.4 is 0 Å². The van der Waals surface area contributed by atoms with Gasteiger partial charge < -0.3 is 9.47 Å². The lowest BCUT2D eigenvalue weighted by Crippen LogP contribution is -2.35. The van der Waals surface area contributed by atoms with Gasteiger partial charge in [-0.05, 0) is 26.7 Å². The molecule has 0 aliphatic heterocycles. The van der Waals surface area contributed by atoms with Gasteiger partial charge in [0.05, 0.1) is 12.0 Å². The highest BCUT2D eigenvalue weighted by Crippen LogP contribution is 2.05. The van der Waals surface area contributed by atoms with Crippen molar-refractivity contribution in [2.45, 2.75) is 47.1 Å². The fraction of sp³-hybridized carbons (Fsp3) is 0.692. The lowest BCUT2D eigenvalue weighted by atomic mass is 10.3. The van der Waals surface area contributed by atoms with Crippen molar-refractivity contribution in [1.82, 2.24) is 14.5 Å². The molecule has 4 heteroatoms. The Morgan fingerprint density at radius 3 is 2.29 bits per heavy atom. The first-order valence-electron chi connectivity index (χ1n) is 6.36. The van der Waals surface area contributed by atoms with Gasteiger partial charge in [-0.25, -0.2) is 4.98 Å². The molecule has 96 valence electrons. The van der Waals surface area contributed by atoms with Crippen molar-refractivity contribution in [1.29, 1.82) is 0 Å². The molecular formula is C13H23N3O. The third-order valence-corrected chi connectivity index (χ3v) is 2.99. The number of nitrogens with zero attached hydrogens (tertiary/aromatic N) is 3. The molecule has 0 radical (unpaired) electrons. The molecule has 1 rings (SSSR count). The minimum atomic E-state index is 0.189. The van der Waals surface area contributed by atoms with E-state index >= 15 is 0 Å². The molecule has 4 nitrogen and oxygen atoms in total. The Morgan fingerprint density at radius 2 is 1.88 bits per heavy atom.